The molecule has 0 spiro atoms. The van der Waals surface area contributed by atoms with E-state index in [1.54, 1.807) is 11.0 Å². The van der Waals surface area contributed by atoms with E-state index >= 15 is 0 Å². The molecule has 2 aromatic heterocycles. The monoisotopic (exact) mass is 384 g/mol. The lowest BCUT2D eigenvalue weighted by atomic mass is 10.1. The van der Waals surface area contributed by atoms with Crippen LogP contribution >= 0.6 is 11.3 Å². The predicted molar refractivity (Wildman–Crippen MR) is 108 cm³/mol. The molecule has 3 rings (SSSR count). The van der Waals surface area contributed by atoms with Crippen LogP contribution in [-0.2, 0) is 17.8 Å². The minimum Gasteiger partial charge on any atom is -0.461 e. The molecule has 0 aliphatic heterocycles. The number of nitrogens with one attached hydrogen (secondary N) is 1. The first-order chi connectivity index (χ1) is 13.1. The molecule has 142 valence electrons. The average Bonchev–Trinajstić information content (AvgIpc) is 3.33. The smallest absolute Gasteiger partial charge is 0.252 e. The fourth-order valence-corrected chi connectivity index (χ4v) is 3.70. The molecule has 3 aromatic rings. The number of thiophene rings is 1. The van der Waals surface area contributed by atoms with Gasteiger partial charge < -0.3 is 14.6 Å². The zero-order chi connectivity index (χ0) is 19.2. The van der Waals surface area contributed by atoms with Gasteiger partial charge in [-0.3, -0.25) is 9.59 Å². The second-order valence-electron chi connectivity index (χ2n) is 6.47. The molecule has 27 heavy (non-hydrogen) atoms. The van der Waals surface area contributed by atoms with Gasteiger partial charge in [-0.25, -0.2) is 0 Å². The largest absolute Gasteiger partial charge is 0.461 e. The minimum atomic E-state index is -0.0884. The molecule has 0 saturated carbocycles. The summed E-state index contributed by atoms with van der Waals surface area (Å²) < 4.78 is 5.90. The van der Waals surface area contributed by atoms with Crippen LogP contribution in [0.15, 0.2) is 45.5 Å². The molecule has 2 amide bonds. The molecular weight excluding hydrogens is 360 g/mol. The summed E-state index contributed by atoms with van der Waals surface area (Å²) in [6, 6.07) is 9.72. The van der Waals surface area contributed by atoms with Crippen LogP contribution < -0.4 is 5.32 Å². The highest BCUT2D eigenvalue weighted by atomic mass is 32.1. The number of benzene rings is 1. The molecule has 0 bridgehead atoms. The number of furan rings is 1. The molecule has 1 N–H and O–H groups in total. The van der Waals surface area contributed by atoms with E-state index < -0.39 is 0 Å². The Morgan fingerprint density at radius 1 is 1.22 bits per heavy atom. The first-order valence-corrected chi connectivity index (χ1v) is 10.1. The molecule has 0 fully saturated rings. The Labute approximate surface area is 163 Å². The number of para-hydroxylation sites is 1. The predicted octanol–water partition coefficient (Wildman–Crippen LogP) is 4.23. The van der Waals surface area contributed by atoms with Gasteiger partial charge in [-0.05, 0) is 23.9 Å². The Kier molecular flexibility index (Phi) is 6.29. The van der Waals surface area contributed by atoms with Crippen LogP contribution in [0.3, 0.4) is 0 Å². The molecule has 5 nitrogen and oxygen atoms in total. The number of carbonyl (C=O) groups excluding carboxylic acids is 2. The summed E-state index contributed by atoms with van der Waals surface area (Å²) in [6.45, 7) is 3.07. The second kappa shape index (κ2) is 8.86. The van der Waals surface area contributed by atoms with Crippen molar-refractivity contribution in [2.75, 3.05) is 13.6 Å². The standard InChI is InChI=1S/C21H24N2O3S/c1-3-18-17(16-7-4-5-8-19(16)26-18)13-23(2)20(24)9-6-11-22-21(25)15-10-12-27-14-15/h4-5,7-8,10,12,14H,3,6,9,11,13H2,1-2H3,(H,22,25). The van der Waals surface area contributed by atoms with Gasteiger partial charge in [-0.2, -0.15) is 11.3 Å². The summed E-state index contributed by atoms with van der Waals surface area (Å²) in [4.78, 5) is 26.1. The van der Waals surface area contributed by atoms with Crippen molar-refractivity contribution >= 4 is 34.1 Å². The van der Waals surface area contributed by atoms with Gasteiger partial charge in [-0.15, -0.1) is 0 Å². The van der Waals surface area contributed by atoms with Gasteiger partial charge in [0.15, 0.2) is 0 Å². The minimum absolute atomic E-state index is 0.0621. The van der Waals surface area contributed by atoms with Crippen LogP contribution in [0, 0.1) is 0 Å². The summed E-state index contributed by atoms with van der Waals surface area (Å²) in [5.41, 5.74) is 2.61. The molecule has 6 heteroatoms. The summed E-state index contributed by atoms with van der Waals surface area (Å²) in [6.07, 6.45) is 1.81. The Balaban J connectivity index is 1.51. The van der Waals surface area contributed by atoms with Gasteiger partial charge in [-0.1, -0.05) is 25.1 Å². The summed E-state index contributed by atoms with van der Waals surface area (Å²) >= 11 is 1.49. The van der Waals surface area contributed by atoms with Crippen molar-refractivity contribution in [1.82, 2.24) is 10.2 Å². The third-order valence-corrected chi connectivity index (χ3v) is 5.24. The third-order valence-electron chi connectivity index (χ3n) is 4.56. The number of nitrogens with zero attached hydrogens (tertiary/aromatic N) is 1. The van der Waals surface area contributed by atoms with E-state index in [9.17, 15) is 9.59 Å². The summed E-state index contributed by atoms with van der Waals surface area (Å²) in [5, 5.41) is 7.60. The van der Waals surface area contributed by atoms with Crippen molar-refractivity contribution in [2.24, 2.45) is 0 Å². The number of rotatable bonds is 8. The molecule has 0 unspecified atom stereocenters. The Morgan fingerprint density at radius 3 is 2.78 bits per heavy atom. The Hall–Kier alpha value is -2.60. The van der Waals surface area contributed by atoms with Gasteiger partial charge in [0, 0.05) is 54.9 Å². The summed E-state index contributed by atoms with van der Waals surface area (Å²) in [5.74, 6) is 0.903. The highest BCUT2D eigenvalue weighted by Crippen LogP contribution is 2.27. The molecule has 1 aromatic carbocycles. The van der Waals surface area contributed by atoms with Crippen molar-refractivity contribution in [3.05, 3.63) is 58.0 Å². The second-order valence-corrected chi connectivity index (χ2v) is 7.25. The molecule has 0 radical (unpaired) electrons. The molecule has 0 atom stereocenters. The zero-order valence-corrected chi connectivity index (χ0v) is 16.5. The van der Waals surface area contributed by atoms with E-state index in [0.717, 1.165) is 28.7 Å². The van der Waals surface area contributed by atoms with E-state index in [1.165, 1.54) is 11.3 Å². The quantitative estimate of drug-likeness (QED) is 0.591. The van der Waals surface area contributed by atoms with Crippen LogP contribution in [0.25, 0.3) is 11.0 Å². The lowest BCUT2D eigenvalue weighted by Crippen LogP contribution is -2.28. The number of carbonyl (C=O) groups is 2. The highest BCUT2D eigenvalue weighted by Gasteiger charge is 2.17. The van der Waals surface area contributed by atoms with Crippen LogP contribution in [0.1, 0.15) is 41.4 Å². The Morgan fingerprint density at radius 2 is 2.04 bits per heavy atom. The number of amides is 2. The van der Waals surface area contributed by atoms with Gasteiger partial charge in [0.05, 0.1) is 0 Å². The number of hydrogen-bond acceptors (Lipinski definition) is 4. The fourth-order valence-electron chi connectivity index (χ4n) is 3.06. The van der Waals surface area contributed by atoms with Gasteiger partial charge in [0.25, 0.3) is 5.91 Å². The van der Waals surface area contributed by atoms with Crippen LogP contribution in [0.2, 0.25) is 0 Å². The first kappa shape index (κ1) is 19.2. The SMILES string of the molecule is CCc1oc2ccccc2c1CN(C)C(=O)CCCNC(=O)c1ccsc1. The van der Waals surface area contributed by atoms with Crippen molar-refractivity contribution in [3.63, 3.8) is 0 Å². The van der Waals surface area contributed by atoms with Crippen molar-refractivity contribution in [1.29, 1.82) is 0 Å². The third kappa shape index (κ3) is 4.57. The zero-order valence-electron chi connectivity index (χ0n) is 15.7. The maximum absolute atomic E-state index is 12.5. The molecule has 0 aliphatic carbocycles. The number of fused-ring (bicyclic) bond motifs is 1. The number of aryl methyl sites for hydroxylation is 1. The number of hydrogen-bond donors (Lipinski definition) is 1. The van der Waals surface area contributed by atoms with Crippen LogP contribution in [0.5, 0.6) is 0 Å². The fraction of sp³-hybridized carbons (Fsp3) is 0.333. The van der Waals surface area contributed by atoms with E-state index in [1.807, 2.05) is 42.1 Å². The first-order valence-electron chi connectivity index (χ1n) is 9.13. The van der Waals surface area contributed by atoms with Gasteiger partial charge >= 0.3 is 0 Å². The Bertz CT molecular complexity index is 915. The lowest BCUT2D eigenvalue weighted by Gasteiger charge is -2.17. The van der Waals surface area contributed by atoms with Crippen LogP contribution in [-0.4, -0.2) is 30.3 Å². The molecule has 0 aliphatic rings. The topological polar surface area (TPSA) is 62.6 Å². The average molecular weight is 385 g/mol. The normalized spacial score (nSPS) is 10.9. The van der Waals surface area contributed by atoms with Crippen molar-refractivity contribution in [2.45, 2.75) is 32.7 Å². The van der Waals surface area contributed by atoms with Crippen molar-refractivity contribution in [3.8, 4) is 0 Å². The maximum Gasteiger partial charge on any atom is 0.252 e. The van der Waals surface area contributed by atoms with Crippen LogP contribution in [0.4, 0.5) is 0 Å². The van der Waals surface area contributed by atoms with E-state index in [4.69, 9.17) is 4.42 Å². The van der Waals surface area contributed by atoms with E-state index in [-0.39, 0.29) is 11.8 Å². The molecular formula is C21H24N2O3S. The lowest BCUT2D eigenvalue weighted by molar-refractivity contribution is -0.130. The van der Waals surface area contributed by atoms with Gasteiger partial charge in [0.1, 0.15) is 11.3 Å². The molecule has 0 saturated heterocycles. The van der Waals surface area contributed by atoms with E-state index in [0.29, 0.717) is 31.5 Å². The molecule has 2 heterocycles. The van der Waals surface area contributed by atoms with E-state index in [2.05, 4.69) is 12.2 Å². The van der Waals surface area contributed by atoms with Gasteiger partial charge in [0.2, 0.25) is 5.91 Å². The summed E-state index contributed by atoms with van der Waals surface area (Å²) in [7, 11) is 1.81. The maximum atomic E-state index is 12.5. The highest BCUT2D eigenvalue weighted by molar-refractivity contribution is 7.08. The van der Waals surface area contributed by atoms with Crippen molar-refractivity contribution < 1.29 is 14.0 Å².